The normalized spacial score (nSPS) is 13.0. The van der Waals surface area contributed by atoms with Crippen molar-refractivity contribution in [3.63, 3.8) is 0 Å². The van der Waals surface area contributed by atoms with Crippen LogP contribution in [0.15, 0.2) is 48.9 Å². The summed E-state index contributed by atoms with van der Waals surface area (Å²) in [5.74, 6) is -1.83. The largest absolute Gasteiger partial charge is 0.418 e. The van der Waals surface area contributed by atoms with Crippen molar-refractivity contribution < 1.29 is 31.7 Å². The molecule has 3 rings (SSSR count). The minimum absolute atomic E-state index is 0.0532. The molecular weight excluding hydrogens is 328 g/mol. The maximum Gasteiger partial charge on any atom is 0.418 e. The van der Waals surface area contributed by atoms with E-state index in [4.69, 9.17) is 0 Å². The fourth-order valence-corrected chi connectivity index (χ4v) is 2.33. The number of halogens is 4. The predicted octanol–water partition coefficient (Wildman–Crippen LogP) is 1.74. The summed E-state index contributed by atoms with van der Waals surface area (Å²) in [4.78, 5) is 17.2. The topological polar surface area (TPSA) is 63.1 Å². The average molecular weight is 340 g/mol. The number of nitrogens with zero attached hydrogens (tertiary/aromatic N) is 1. The van der Waals surface area contributed by atoms with Crippen LogP contribution >= 0.6 is 0 Å². The Morgan fingerprint density at radius 3 is 2.71 bits per heavy atom. The Labute approximate surface area is 133 Å². The Balaban J connectivity index is 1.95. The van der Waals surface area contributed by atoms with E-state index < -0.39 is 23.9 Å². The van der Waals surface area contributed by atoms with Crippen molar-refractivity contribution in [2.45, 2.75) is 12.2 Å². The number of pyridine rings is 2. The Morgan fingerprint density at radius 2 is 2.04 bits per heavy atom. The fraction of sp³-hybridized carbons (Fsp3) is 0.133. The number of aromatic amines is 2. The van der Waals surface area contributed by atoms with Crippen LogP contribution in [-0.4, -0.2) is 17.1 Å². The summed E-state index contributed by atoms with van der Waals surface area (Å²) >= 11 is 0. The lowest BCUT2D eigenvalue weighted by Crippen LogP contribution is -2.44. The minimum atomic E-state index is -4.70. The highest BCUT2D eigenvalue weighted by Gasteiger charge is 2.46. The van der Waals surface area contributed by atoms with Crippen molar-refractivity contribution in [3.8, 4) is 0 Å². The molecule has 0 aliphatic rings. The molecule has 0 spiro atoms. The summed E-state index contributed by atoms with van der Waals surface area (Å²) in [7, 11) is 0. The van der Waals surface area contributed by atoms with Gasteiger partial charge < -0.3 is 5.32 Å². The number of imidazole rings is 1. The third kappa shape index (κ3) is 2.92. The van der Waals surface area contributed by atoms with Gasteiger partial charge in [0.2, 0.25) is 17.3 Å². The van der Waals surface area contributed by atoms with Crippen LogP contribution in [0.5, 0.6) is 0 Å². The summed E-state index contributed by atoms with van der Waals surface area (Å²) < 4.78 is 54.6. The lowest BCUT2D eigenvalue weighted by molar-refractivity contribution is -0.515. The molecule has 124 valence electrons. The number of carbonyl (C=O) groups is 1. The van der Waals surface area contributed by atoms with Gasteiger partial charge in [0.1, 0.15) is 6.20 Å². The smallest absolute Gasteiger partial charge is 0.325 e. The third-order valence-electron chi connectivity index (χ3n) is 3.43. The number of hydrogen-bond acceptors (Lipinski definition) is 1. The van der Waals surface area contributed by atoms with Crippen molar-refractivity contribution >= 4 is 11.4 Å². The molecule has 5 nitrogen and oxygen atoms in total. The quantitative estimate of drug-likeness (QED) is 0.554. The number of amides is 1. The Morgan fingerprint density at radius 1 is 1.25 bits per heavy atom. The number of alkyl halides is 3. The van der Waals surface area contributed by atoms with Crippen LogP contribution in [0.2, 0.25) is 0 Å². The van der Waals surface area contributed by atoms with E-state index in [0.29, 0.717) is 0 Å². The van der Waals surface area contributed by atoms with Gasteiger partial charge in [-0.3, -0.25) is 4.79 Å². The van der Waals surface area contributed by atoms with Crippen molar-refractivity contribution in [1.29, 1.82) is 0 Å². The molecule has 9 heteroatoms. The molecule has 3 aromatic rings. The van der Waals surface area contributed by atoms with Gasteiger partial charge in [-0.1, -0.05) is 6.07 Å². The predicted molar refractivity (Wildman–Crippen MR) is 73.2 cm³/mol. The Hall–Kier alpha value is -2.97. The van der Waals surface area contributed by atoms with E-state index in [1.807, 2.05) is 5.32 Å². The lowest BCUT2D eigenvalue weighted by atomic mass is 10.1. The fourth-order valence-electron chi connectivity index (χ4n) is 2.33. The van der Waals surface area contributed by atoms with Crippen LogP contribution in [0.3, 0.4) is 0 Å². The van der Waals surface area contributed by atoms with Gasteiger partial charge in [-0.2, -0.15) is 17.6 Å². The molecule has 3 heterocycles. The molecule has 1 atom stereocenters. The second kappa shape index (κ2) is 5.91. The zero-order chi connectivity index (χ0) is 17.3. The number of carbonyl (C=O) groups excluding carboxylic acids is 1. The van der Waals surface area contributed by atoms with Crippen LogP contribution in [0.1, 0.15) is 22.4 Å². The molecule has 1 unspecified atom stereocenters. The number of aromatic nitrogens is 3. The van der Waals surface area contributed by atoms with Crippen LogP contribution in [-0.2, 0) is 0 Å². The molecule has 0 aliphatic carbocycles. The van der Waals surface area contributed by atoms with Crippen LogP contribution in [0.25, 0.3) is 5.52 Å². The van der Waals surface area contributed by atoms with E-state index in [1.54, 1.807) is 0 Å². The Bertz CT molecular complexity index is 876. The number of rotatable bonds is 3. The second-order valence-corrected chi connectivity index (χ2v) is 5.01. The highest BCUT2D eigenvalue weighted by atomic mass is 19.4. The summed E-state index contributed by atoms with van der Waals surface area (Å²) in [6.07, 6.45) is -0.789. The summed E-state index contributed by atoms with van der Waals surface area (Å²) in [5, 5.41) is 1.92. The van der Waals surface area contributed by atoms with Gasteiger partial charge in [-0.05, 0) is 12.1 Å². The number of fused-ring (bicyclic) bond motifs is 1. The first-order chi connectivity index (χ1) is 11.4. The SMILES string of the molecule is O=C(NC(c1cccc[nH+]1)C(F)(F)F)c1[nH]cc2c(F)ccc[n+]12. The molecule has 0 bridgehead atoms. The van der Waals surface area contributed by atoms with Crippen LogP contribution < -0.4 is 14.7 Å². The van der Waals surface area contributed by atoms with E-state index in [-0.39, 0.29) is 17.0 Å². The minimum Gasteiger partial charge on any atom is -0.325 e. The molecule has 0 aromatic carbocycles. The molecule has 0 saturated heterocycles. The van der Waals surface area contributed by atoms with Crippen LogP contribution in [0, 0.1) is 5.82 Å². The monoisotopic (exact) mass is 340 g/mol. The van der Waals surface area contributed by atoms with Crippen molar-refractivity contribution in [2.24, 2.45) is 0 Å². The van der Waals surface area contributed by atoms with E-state index in [9.17, 15) is 22.4 Å². The number of H-pyrrole nitrogens is 2. The first-order valence-electron chi connectivity index (χ1n) is 6.89. The number of hydrogen-bond donors (Lipinski definition) is 2. The van der Waals surface area contributed by atoms with Gasteiger partial charge in [0.05, 0.1) is 6.20 Å². The first kappa shape index (κ1) is 15.9. The molecule has 3 aromatic heterocycles. The van der Waals surface area contributed by atoms with Crippen molar-refractivity contribution in [1.82, 2.24) is 10.3 Å². The van der Waals surface area contributed by atoms with Crippen LogP contribution in [0.4, 0.5) is 17.6 Å². The molecule has 1 amide bonds. The summed E-state index contributed by atoms with van der Waals surface area (Å²) in [6, 6.07) is 4.47. The zero-order valence-corrected chi connectivity index (χ0v) is 12.1. The van der Waals surface area contributed by atoms with Crippen molar-refractivity contribution in [3.05, 3.63) is 66.3 Å². The summed E-state index contributed by atoms with van der Waals surface area (Å²) in [5.41, 5.74) is -0.164. The Kier molecular flexibility index (Phi) is 3.92. The van der Waals surface area contributed by atoms with E-state index in [2.05, 4.69) is 9.97 Å². The van der Waals surface area contributed by atoms with Gasteiger partial charge in [0.15, 0.2) is 12.0 Å². The van der Waals surface area contributed by atoms with Crippen molar-refractivity contribution in [2.75, 3.05) is 0 Å². The lowest BCUT2D eigenvalue weighted by Gasteiger charge is -2.16. The highest BCUT2D eigenvalue weighted by Crippen LogP contribution is 2.30. The molecule has 24 heavy (non-hydrogen) atoms. The maximum atomic E-state index is 13.6. The molecule has 0 radical (unpaired) electrons. The van der Waals surface area contributed by atoms with Gasteiger partial charge in [0.25, 0.3) is 0 Å². The second-order valence-electron chi connectivity index (χ2n) is 5.01. The molecular formula is C15H12F4N4O+2. The van der Waals surface area contributed by atoms with Gasteiger partial charge >= 0.3 is 17.9 Å². The van der Waals surface area contributed by atoms with Gasteiger partial charge in [0, 0.05) is 12.1 Å². The molecule has 3 N–H and O–H groups in total. The maximum absolute atomic E-state index is 13.6. The number of nitrogens with one attached hydrogen (secondary N) is 3. The molecule has 0 aliphatic heterocycles. The van der Waals surface area contributed by atoms with Gasteiger partial charge in [-0.25, -0.2) is 14.4 Å². The highest BCUT2D eigenvalue weighted by molar-refractivity contribution is 5.89. The average Bonchev–Trinajstić information content (AvgIpc) is 2.97. The van der Waals surface area contributed by atoms with E-state index >= 15 is 0 Å². The van der Waals surface area contributed by atoms with E-state index in [1.165, 1.54) is 48.9 Å². The van der Waals surface area contributed by atoms with Gasteiger partial charge in [-0.15, -0.1) is 0 Å². The first-order valence-corrected chi connectivity index (χ1v) is 6.89. The molecule has 0 saturated carbocycles. The molecule has 0 fully saturated rings. The standard InChI is InChI=1S/C15H10F4N4O/c16-9-4-3-7-23-11(9)8-21-13(23)14(24)22-12(15(17,18)19)10-5-1-2-6-20-10/h1-8,12H,(H,22,24)/p+2. The summed E-state index contributed by atoms with van der Waals surface area (Å²) in [6.45, 7) is 0. The zero-order valence-electron chi connectivity index (χ0n) is 12.1. The third-order valence-corrected chi connectivity index (χ3v) is 3.43. The van der Waals surface area contributed by atoms with E-state index in [0.717, 1.165) is 4.40 Å².